The first-order valence-electron chi connectivity index (χ1n) is 5.40. The van der Waals surface area contributed by atoms with Crippen LogP contribution in [0, 0.1) is 0 Å². The van der Waals surface area contributed by atoms with E-state index in [0.717, 1.165) is 5.56 Å². The summed E-state index contributed by atoms with van der Waals surface area (Å²) in [4.78, 5) is 22.6. The molecule has 1 atom stereocenters. The Morgan fingerprint density at radius 1 is 1.39 bits per heavy atom. The molecule has 6 heteroatoms. The van der Waals surface area contributed by atoms with Gasteiger partial charge >= 0.3 is 12.0 Å². The Morgan fingerprint density at radius 3 is 2.67 bits per heavy atom. The molecule has 0 aliphatic heterocycles. The fourth-order valence-electron chi connectivity index (χ4n) is 1.30. The van der Waals surface area contributed by atoms with Gasteiger partial charge in [-0.2, -0.15) is 0 Å². The van der Waals surface area contributed by atoms with Crippen LogP contribution in [0.15, 0.2) is 24.3 Å². The fraction of sp³-hybridized carbons (Fsp3) is 0.333. The molecule has 2 N–H and O–H groups in total. The van der Waals surface area contributed by atoms with Gasteiger partial charge in [-0.3, -0.25) is 0 Å². The maximum absolute atomic E-state index is 11.5. The van der Waals surface area contributed by atoms with Crippen LogP contribution >= 0.6 is 11.6 Å². The van der Waals surface area contributed by atoms with Gasteiger partial charge < -0.3 is 15.4 Å². The van der Waals surface area contributed by atoms with E-state index in [1.54, 1.807) is 13.0 Å². The molecule has 5 nitrogen and oxygen atoms in total. The van der Waals surface area contributed by atoms with Crippen LogP contribution < -0.4 is 10.6 Å². The molecule has 2 amide bonds. The highest BCUT2D eigenvalue weighted by atomic mass is 35.5. The van der Waals surface area contributed by atoms with Crippen LogP contribution in [0.2, 0.25) is 5.02 Å². The molecule has 0 heterocycles. The second-order valence-electron chi connectivity index (χ2n) is 3.66. The molecule has 0 aromatic heterocycles. The Hall–Kier alpha value is -1.75. The van der Waals surface area contributed by atoms with Crippen LogP contribution in [-0.2, 0) is 16.1 Å². The lowest BCUT2D eigenvalue weighted by Crippen LogP contribution is -2.44. The van der Waals surface area contributed by atoms with Gasteiger partial charge in [0.1, 0.15) is 6.04 Å². The lowest BCUT2D eigenvalue weighted by molar-refractivity contribution is -0.142. The van der Waals surface area contributed by atoms with Crippen LogP contribution in [0.4, 0.5) is 4.79 Å². The van der Waals surface area contributed by atoms with Crippen LogP contribution in [0.1, 0.15) is 12.5 Å². The van der Waals surface area contributed by atoms with Crippen molar-refractivity contribution in [3.05, 3.63) is 34.9 Å². The van der Waals surface area contributed by atoms with Gasteiger partial charge in [-0.15, -0.1) is 0 Å². The summed E-state index contributed by atoms with van der Waals surface area (Å²) in [5.74, 6) is -0.497. The van der Waals surface area contributed by atoms with Crippen molar-refractivity contribution in [3.63, 3.8) is 0 Å². The molecule has 98 valence electrons. The molecule has 0 radical (unpaired) electrons. The average molecular weight is 271 g/mol. The third-order valence-corrected chi connectivity index (χ3v) is 2.67. The predicted octanol–water partition coefficient (Wildman–Crippen LogP) is 1.70. The summed E-state index contributed by atoms with van der Waals surface area (Å²) in [5.41, 5.74) is 0.806. The molecular formula is C12H15ClN2O3. The van der Waals surface area contributed by atoms with Crippen molar-refractivity contribution in [2.45, 2.75) is 19.5 Å². The average Bonchev–Trinajstić information content (AvgIpc) is 2.36. The number of methoxy groups -OCH3 is 1. The number of ether oxygens (including phenoxy) is 1. The molecule has 1 aromatic rings. The highest BCUT2D eigenvalue weighted by Gasteiger charge is 2.15. The number of hydrogen-bond donors (Lipinski definition) is 2. The minimum atomic E-state index is -0.693. The number of amides is 2. The summed E-state index contributed by atoms with van der Waals surface area (Å²) >= 11 is 5.94. The van der Waals surface area contributed by atoms with Crippen LogP contribution in [0.5, 0.6) is 0 Å². The van der Waals surface area contributed by atoms with Crippen molar-refractivity contribution in [2.24, 2.45) is 0 Å². The highest BCUT2D eigenvalue weighted by molar-refractivity contribution is 6.31. The van der Waals surface area contributed by atoms with Crippen LogP contribution in [0.25, 0.3) is 0 Å². The molecule has 0 unspecified atom stereocenters. The zero-order valence-corrected chi connectivity index (χ0v) is 11.0. The first kappa shape index (κ1) is 14.3. The largest absolute Gasteiger partial charge is 0.467 e. The summed E-state index contributed by atoms with van der Waals surface area (Å²) < 4.78 is 4.49. The highest BCUT2D eigenvalue weighted by Crippen LogP contribution is 2.14. The molecule has 0 fully saturated rings. The third-order valence-electron chi connectivity index (χ3n) is 2.30. The van der Waals surface area contributed by atoms with E-state index >= 15 is 0 Å². The van der Waals surface area contributed by atoms with E-state index in [-0.39, 0.29) is 0 Å². The topological polar surface area (TPSA) is 67.4 Å². The van der Waals surface area contributed by atoms with Gasteiger partial charge in [0.15, 0.2) is 0 Å². The Bertz CT molecular complexity index is 437. The van der Waals surface area contributed by atoms with Gasteiger partial charge in [0.2, 0.25) is 0 Å². The van der Waals surface area contributed by atoms with Crippen molar-refractivity contribution in [2.75, 3.05) is 7.11 Å². The Kier molecular flexibility index (Phi) is 5.45. The number of carbonyl (C=O) groups excluding carboxylic acids is 2. The Labute approximate surface area is 110 Å². The quantitative estimate of drug-likeness (QED) is 0.819. The lowest BCUT2D eigenvalue weighted by atomic mass is 10.2. The van der Waals surface area contributed by atoms with Gasteiger partial charge in [0, 0.05) is 11.6 Å². The summed E-state index contributed by atoms with van der Waals surface area (Å²) in [6.07, 6.45) is 0. The minimum absolute atomic E-state index is 0.291. The maximum atomic E-state index is 11.5. The van der Waals surface area contributed by atoms with E-state index in [0.29, 0.717) is 11.6 Å². The number of rotatable bonds is 4. The molecule has 0 bridgehead atoms. The number of hydrogen-bond acceptors (Lipinski definition) is 3. The van der Waals surface area contributed by atoms with Gasteiger partial charge in [-0.1, -0.05) is 29.8 Å². The third kappa shape index (κ3) is 4.25. The van der Waals surface area contributed by atoms with E-state index in [1.165, 1.54) is 7.11 Å². The zero-order valence-electron chi connectivity index (χ0n) is 10.2. The molecule has 18 heavy (non-hydrogen) atoms. The zero-order chi connectivity index (χ0) is 13.5. The second kappa shape index (κ2) is 6.86. The summed E-state index contributed by atoms with van der Waals surface area (Å²) in [6.45, 7) is 1.83. The van der Waals surface area contributed by atoms with E-state index in [2.05, 4.69) is 15.4 Å². The van der Waals surface area contributed by atoms with Crippen molar-refractivity contribution in [1.82, 2.24) is 10.6 Å². The van der Waals surface area contributed by atoms with Crippen molar-refractivity contribution in [3.8, 4) is 0 Å². The number of urea groups is 1. The molecule has 1 rings (SSSR count). The van der Waals surface area contributed by atoms with Gasteiger partial charge in [0.05, 0.1) is 7.11 Å². The molecule has 0 saturated heterocycles. The van der Waals surface area contributed by atoms with Gasteiger partial charge in [0.25, 0.3) is 0 Å². The van der Waals surface area contributed by atoms with E-state index in [9.17, 15) is 9.59 Å². The van der Waals surface area contributed by atoms with E-state index in [1.807, 2.05) is 18.2 Å². The second-order valence-corrected chi connectivity index (χ2v) is 4.07. The standard InChI is InChI=1S/C12H15ClN2O3/c1-8(11(16)18-2)15-12(17)14-7-9-5-3-4-6-10(9)13/h3-6,8H,7H2,1-2H3,(H2,14,15,17)/t8-/m0/s1. The molecule has 1 aromatic carbocycles. The molecule has 0 aliphatic rings. The first-order chi connectivity index (χ1) is 8.54. The molecule has 0 spiro atoms. The Morgan fingerprint density at radius 2 is 2.06 bits per heavy atom. The molecular weight excluding hydrogens is 256 g/mol. The number of esters is 1. The lowest BCUT2D eigenvalue weighted by Gasteiger charge is -2.12. The Balaban J connectivity index is 2.43. The smallest absolute Gasteiger partial charge is 0.328 e. The summed E-state index contributed by atoms with van der Waals surface area (Å²) in [5, 5.41) is 5.64. The monoisotopic (exact) mass is 270 g/mol. The summed E-state index contributed by atoms with van der Waals surface area (Å²) in [7, 11) is 1.27. The number of benzene rings is 1. The first-order valence-corrected chi connectivity index (χ1v) is 5.78. The van der Waals surface area contributed by atoms with E-state index in [4.69, 9.17) is 11.6 Å². The fourth-order valence-corrected chi connectivity index (χ4v) is 1.50. The summed E-state index contributed by atoms with van der Waals surface area (Å²) in [6, 6.07) is 6.05. The van der Waals surface area contributed by atoms with Crippen LogP contribution in [-0.4, -0.2) is 25.2 Å². The van der Waals surface area contributed by atoms with Crippen molar-refractivity contribution >= 4 is 23.6 Å². The number of carbonyl (C=O) groups is 2. The van der Waals surface area contributed by atoms with Gasteiger partial charge in [-0.25, -0.2) is 9.59 Å². The molecule has 0 aliphatic carbocycles. The van der Waals surface area contributed by atoms with Gasteiger partial charge in [-0.05, 0) is 18.6 Å². The van der Waals surface area contributed by atoms with E-state index < -0.39 is 18.0 Å². The maximum Gasteiger partial charge on any atom is 0.328 e. The minimum Gasteiger partial charge on any atom is -0.467 e. The van der Waals surface area contributed by atoms with Crippen LogP contribution in [0.3, 0.4) is 0 Å². The predicted molar refractivity (Wildman–Crippen MR) is 68.3 cm³/mol. The number of halogens is 1. The molecule has 0 saturated carbocycles. The van der Waals surface area contributed by atoms with Crippen molar-refractivity contribution < 1.29 is 14.3 Å². The SMILES string of the molecule is COC(=O)[C@H](C)NC(=O)NCc1ccccc1Cl. The number of nitrogens with one attached hydrogen (secondary N) is 2. The normalized spacial score (nSPS) is 11.5. The van der Waals surface area contributed by atoms with Crippen molar-refractivity contribution in [1.29, 1.82) is 0 Å².